The van der Waals surface area contributed by atoms with Gasteiger partial charge in [0.25, 0.3) is 11.5 Å². The Bertz CT molecular complexity index is 814. The summed E-state index contributed by atoms with van der Waals surface area (Å²) in [5, 5.41) is 9.09. The van der Waals surface area contributed by atoms with Gasteiger partial charge in [0.2, 0.25) is 0 Å². The molecule has 27 heavy (non-hydrogen) atoms. The van der Waals surface area contributed by atoms with Crippen LogP contribution >= 0.6 is 0 Å². The summed E-state index contributed by atoms with van der Waals surface area (Å²) in [5.74, 6) is -0.741. The van der Waals surface area contributed by atoms with E-state index < -0.39 is 11.5 Å². The van der Waals surface area contributed by atoms with E-state index in [1.54, 1.807) is 18.7 Å². The lowest BCUT2D eigenvalue weighted by molar-refractivity contribution is -0.157. The average Bonchev–Trinajstić information content (AvgIpc) is 2.58. The van der Waals surface area contributed by atoms with E-state index in [1.807, 2.05) is 19.9 Å². The summed E-state index contributed by atoms with van der Waals surface area (Å²) in [6.45, 7) is 7.86. The van der Waals surface area contributed by atoms with E-state index in [0.717, 1.165) is 5.56 Å². The molecule has 0 aliphatic carbocycles. The Kier molecular flexibility index (Phi) is 6.75. The second-order valence-corrected chi connectivity index (χ2v) is 6.89. The minimum atomic E-state index is -0.499. The molecule has 2 atom stereocenters. The first-order valence-electron chi connectivity index (χ1n) is 8.94. The molecule has 0 radical (unpaired) electrons. The first kappa shape index (κ1) is 20.6. The molecule has 2 heterocycles. The number of rotatable bonds is 5. The summed E-state index contributed by atoms with van der Waals surface area (Å²) in [6.07, 6.45) is 0.284. The molecule has 0 bridgehead atoms. The lowest BCUT2D eigenvalue weighted by Crippen LogP contribution is -2.49. The molecule has 0 unspecified atom stereocenters. The molecular weight excluding hydrogens is 350 g/mol. The third-order valence-corrected chi connectivity index (χ3v) is 4.63. The summed E-state index contributed by atoms with van der Waals surface area (Å²) in [6, 6.07) is 1.88. The topological polar surface area (TPSA) is 112 Å². The zero-order valence-electron chi connectivity index (χ0n) is 16.1. The maximum atomic E-state index is 12.2. The second kappa shape index (κ2) is 8.82. The molecule has 0 aromatic carbocycles. The van der Waals surface area contributed by atoms with Crippen molar-refractivity contribution in [1.29, 1.82) is 5.26 Å². The molecule has 146 valence electrons. The Morgan fingerprint density at radius 2 is 1.93 bits per heavy atom. The van der Waals surface area contributed by atoms with Gasteiger partial charge in [0, 0.05) is 25.2 Å². The SMILES string of the molecule is Cc1[nH]c(=O)c(C#N)c(C)c1CCC(=O)OCC(=O)N1C[C@@H](C)O[C@@H](C)C1. The van der Waals surface area contributed by atoms with Crippen LogP contribution in [0.5, 0.6) is 0 Å². The first-order chi connectivity index (χ1) is 12.7. The van der Waals surface area contributed by atoms with E-state index in [2.05, 4.69) is 4.98 Å². The van der Waals surface area contributed by atoms with Crippen molar-refractivity contribution < 1.29 is 19.1 Å². The third-order valence-electron chi connectivity index (χ3n) is 4.63. The van der Waals surface area contributed by atoms with Crippen molar-refractivity contribution in [3.63, 3.8) is 0 Å². The van der Waals surface area contributed by atoms with Gasteiger partial charge in [-0.3, -0.25) is 14.4 Å². The highest BCUT2D eigenvalue weighted by Gasteiger charge is 2.26. The number of nitriles is 1. The minimum absolute atomic E-state index is 0.0473. The molecule has 1 aromatic heterocycles. The lowest BCUT2D eigenvalue weighted by atomic mass is 9.99. The van der Waals surface area contributed by atoms with Crippen molar-refractivity contribution in [3.8, 4) is 6.07 Å². The number of aromatic amines is 1. The zero-order chi connectivity index (χ0) is 20.1. The Hall–Kier alpha value is -2.66. The molecule has 1 aliphatic heterocycles. The highest BCUT2D eigenvalue weighted by atomic mass is 16.5. The Balaban J connectivity index is 1.89. The highest BCUT2D eigenvalue weighted by molar-refractivity contribution is 5.80. The van der Waals surface area contributed by atoms with E-state index >= 15 is 0 Å². The number of esters is 1. The number of carbonyl (C=O) groups is 2. The molecule has 0 spiro atoms. The number of aromatic nitrogens is 1. The van der Waals surface area contributed by atoms with E-state index in [0.29, 0.717) is 30.8 Å². The fraction of sp³-hybridized carbons (Fsp3) is 0.579. The van der Waals surface area contributed by atoms with Crippen LogP contribution in [0.4, 0.5) is 0 Å². The number of carbonyl (C=O) groups excluding carboxylic acids is 2. The van der Waals surface area contributed by atoms with Gasteiger partial charge < -0.3 is 19.4 Å². The van der Waals surface area contributed by atoms with Crippen LogP contribution in [0.3, 0.4) is 0 Å². The molecular formula is C19H25N3O5. The van der Waals surface area contributed by atoms with Crippen LogP contribution in [0.2, 0.25) is 0 Å². The van der Waals surface area contributed by atoms with Crippen LogP contribution in [0, 0.1) is 25.2 Å². The summed E-state index contributed by atoms with van der Waals surface area (Å²) >= 11 is 0. The smallest absolute Gasteiger partial charge is 0.306 e. The van der Waals surface area contributed by atoms with Crippen LogP contribution in [-0.2, 0) is 25.5 Å². The molecule has 2 rings (SSSR count). The fourth-order valence-electron chi connectivity index (χ4n) is 3.33. The van der Waals surface area contributed by atoms with Crippen molar-refractivity contribution >= 4 is 11.9 Å². The Labute approximate surface area is 158 Å². The Morgan fingerprint density at radius 3 is 2.52 bits per heavy atom. The summed E-state index contributed by atoms with van der Waals surface area (Å²) < 4.78 is 10.7. The molecule has 1 amide bonds. The molecule has 1 aromatic rings. The van der Waals surface area contributed by atoms with Crippen LogP contribution in [0.25, 0.3) is 0 Å². The number of hydrogen-bond acceptors (Lipinski definition) is 6. The van der Waals surface area contributed by atoms with Gasteiger partial charge in [0.15, 0.2) is 6.61 Å². The van der Waals surface area contributed by atoms with E-state index in [9.17, 15) is 14.4 Å². The number of aryl methyl sites for hydroxylation is 1. The number of hydrogen-bond donors (Lipinski definition) is 1. The second-order valence-electron chi connectivity index (χ2n) is 6.89. The molecule has 1 aliphatic rings. The minimum Gasteiger partial charge on any atom is -0.456 e. The van der Waals surface area contributed by atoms with Gasteiger partial charge in [-0.15, -0.1) is 0 Å². The molecule has 1 fully saturated rings. The monoisotopic (exact) mass is 375 g/mol. The normalized spacial score (nSPS) is 19.4. The van der Waals surface area contributed by atoms with Crippen LogP contribution < -0.4 is 5.56 Å². The van der Waals surface area contributed by atoms with Crippen molar-refractivity contribution in [2.45, 2.75) is 52.7 Å². The lowest BCUT2D eigenvalue weighted by Gasteiger charge is -2.35. The van der Waals surface area contributed by atoms with Crippen molar-refractivity contribution in [2.24, 2.45) is 0 Å². The van der Waals surface area contributed by atoms with Gasteiger partial charge >= 0.3 is 5.97 Å². The summed E-state index contributed by atoms with van der Waals surface area (Å²) in [5.41, 5.74) is 1.55. The van der Waals surface area contributed by atoms with E-state index in [-0.39, 0.29) is 36.7 Å². The molecule has 1 saturated heterocycles. The molecule has 0 saturated carbocycles. The van der Waals surface area contributed by atoms with Crippen molar-refractivity contribution in [2.75, 3.05) is 19.7 Å². The average molecular weight is 375 g/mol. The van der Waals surface area contributed by atoms with Crippen molar-refractivity contribution in [1.82, 2.24) is 9.88 Å². The van der Waals surface area contributed by atoms with Crippen LogP contribution in [0.15, 0.2) is 4.79 Å². The number of morpholine rings is 1. The summed E-state index contributed by atoms with van der Waals surface area (Å²) in [7, 11) is 0. The van der Waals surface area contributed by atoms with Gasteiger partial charge in [-0.25, -0.2) is 0 Å². The predicted octanol–water partition coefficient (Wildman–Crippen LogP) is 0.975. The number of nitrogens with zero attached hydrogens (tertiary/aromatic N) is 2. The largest absolute Gasteiger partial charge is 0.456 e. The van der Waals surface area contributed by atoms with E-state index in [1.165, 1.54) is 0 Å². The van der Waals surface area contributed by atoms with Crippen LogP contribution in [0.1, 0.15) is 42.7 Å². The quantitative estimate of drug-likeness (QED) is 0.768. The molecule has 8 nitrogen and oxygen atoms in total. The standard InChI is InChI=1S/C19H25N3O5/c1-11-8-22(9-12(2)27-11)17(23)10-26-18(24)6-5-15-13(3)16(7-20)19(25)21-14(15)4/h11-12H,5-6,8-10H2,1-4H3,(H,21,25)/t11-,12+. The van der Waals surface area contributed by atoms with E-state index in [4.69, 9.17) is 14.7 Å². The maximum absolute atomic E-state index is 12.2. The number of H-pyrrole nitrogens is 1. The summed E-state index contributed by atoms with van der Waals surface area (Å²) in [4.78, 5) is 40.2. The van der Waals surface area contributed by atoms with Gasteiger partial charge in [0.05, 0.1) is 12.2 Å². The first-order valence-corrected chi connectivity index (χ1v) is 8.94. The zero-order valence-corrected chi connectivity index (χ0v) is 16.1. The maximum Gasteiger partial charge on any atom is 0.306 e. The van der Waals surface area contributed by atoms with Crippen LogP contribution in [-0.4, -0.2) is 53.7 Å². The van der Waals surface area contributed by atoms with Gasteiger partial charge in [-0.05, 0) is 45.2 Å². The Morgan fingerprint density at radius 1 is 1.30 bits per heavy atom. The van der Waals surface area contributed by atoms with Crippen molar-refractivity contribution in [3.05, 3.63) is 32.7 Å². The number of ether oxygens (including phenoxy) is 2. The fourth-order valence-corrected chi connectivity index (χ4v) is 3.33. The third kappa shape index (κ3) is 5.17. The van der Waals surface area contributed by atoms with Gasteiger partial charge in [0.1, 0.15) is 11.6 Å². The highest BCUT2D eigenvalue weighted by Crippen LogP contribution is 2.15. The number of amides is 1. The number of pyridine rings is 1. The molecule has 1 N–H and O–H groups in total. The molecule has 8 heteroatoms. The number of nitrogens with one attached hydrogen (secondary N) is 1. The van der Waals surface area contributed by atoms with Gasteiger partial charge in [-0.2, -0.15) is 5.26 Å². The predicted molar refractivity (Wildman–Crippen MR) is 97.1 cm³/mol. The van der Waals surface area contributed by atoms with Gasteiger partial charge in [-0.1, -0.05) is 0 Å².